The van der Waals surface area contributed by atoms with E-state index in [9.17, 15) is 0 Å². The Balaban J connectivity index is 1.98. The van der Waals surface area contributed by atoms with E-state index in [4.69, 9.17) is 9.98 Å². The van der Waals surface area contributed by atoms with Crippen LogP contribution < -0.4 is 7.93 Å². The molecule has 4 aromatic rings. The van der Waals surface area contributed by atoms with Crippen LogP contribution >= 0.6 is 0 Å². The number of para-hydroxylation sites is 2. The molecular weight excluding hydrogens is 734 g/mol. The van der Waals surface area contributed by atoms with Crippen molar-refractivity contribution in [1.29, 1.82) is 0 Å². The van der Waals surface area contributed by atoms with Crippen LogP contribution in [-0.2, 0) is 0 Å². The Morgan fingerprint density at radius 1 is 0.400 bits per heavy atom. The minimum atomic E-state index is -1.11. The Morgan fingerprint density at radius 2 is 0.660 bits per heavy atom. The Kier molecular flexibility index (Phi) is 12.8. The molecule has 0 N–H and O–H groups in total. The van der Waals surface area contributed by atoms with Gasteiger partial charge in [-0.15, -0.1) is 0 Å². The topological polar surface area (TPSA) is 37.7 Å². The van der Waals surface area contributed by atoms with Crippen molar-refractivity contribution in [2.75, 3.05) is 7.93 Å². The van der Waals surface area contributed by atoms with Crippen molar-refractivity contribution in [2.24, 2.45) is 9.98 Å². The summed E-state index contributed by atoms with van der Waals surface area (Å²) >= 11 is -2.22. The fourth-order valence-electron chi connectivity index (χ4n) is 5.09. The standard InChI is InChI=1S/C42H56Ge2N6/c1-39(2,3)45-37(33-25-17-13-18-26-33)47(41(7,8)9)43-49(35-29-21-15-22-30-35)50(36-31-23-16-24-32-36)44-48(42(10,11)12)38(46-40(4,5)6)34-27-19-14-20-28-34/h13-32H,1-12H3. The third-order valence-corrected chi connectivity index (χ3v) is 15.4. The van der Waals surface area contributed by atoms with Gasteiger partial charge in [-0.2, -0.15) is 0 Å². The number of nitrogens with zero attached hydrogens (tertiary/aromatic N) is 6. The van der Waals surface area contributed by atoms with E-state index in [1.165, 1.54) is 11.4 Å². The molecule has 262 valence electrons. The first-order valence-electron chi connectivity index (χ1n) is 17.5. The van der Waals surface area contributed by atoms with Crippen LogP contribution in [0, 0.1) is 0 Å². The van der Waals surface area contributed by atoms with Crippen molar-refractivity contribution in [3.05, 3.63) is 132 Å². The molecule has 0 bridgehead atoms. The summed E-state index contributed by atoms with van der Waals surface area (Å²) in [4.78, 5) is 10.9. The average molecular weight is 790 g/mol. The first-order valence-corrected chi connectivity index (χ1v) is 21.2. The molecule has 0 aliphatic carbocycles. The van der Waals surface area contributed by atoms with E-state index in [1.807, 2.05) is 0 Å². The zero-order valence-corrected chi connectivity index (χ0v) is 36.4. The maximum atomic E-state index is 5.44. The second kappa shape index (κ2) is 16.2. The Morgan fingerprint density at radius 3 is 0.900 bits per heavy atom. The molecule has 4 radical (unpaired) electrons. The van der Waals surface area contributed by atoms with Gasteiger partial charge in [0.05, 0.1) is 0 Å². The van der Waals surface area contributed by atoms with Crippen molar-refractivity contribution >= 4 is 54.8 Å². The predicted molar refractivity (Wildman–Crippen MR) is 218 cm³/mol. The van der Waals surface area contributed by atoms with Gasteiger partial charge in [0.1, 0.15) is 0 Å². The monoisotopic (exact) mass is 792 g/mol. The minimum absolute atomic E-state index is 0.206. The number of hydrogen-bond acceptors (Lipinski definition) is 4. The molecule has 0 aliphatic heterocycles. The van der Waals surface area contributed by atoms with E-state index < -0.39 is 31.8 Å². The summed E-state index contributed by atoms with van der Waals surface area (Å²) in [7, 11) is 0. The second-order valence-electron chi connectivity index (χ2n) is 16.5. The summed E-state index contributed by atoms with van der Waals surface area (Å²) < 4.78 is 10.3. The van der Waals surface area contributed by atoms with E-state index in [1.54, 1.807) is 0 Å². The van der Waals surface area contributed by atoms with Gasteiger partial charge in [0.15, 0.2) is 0 Å². The molecular formula is C42H56Ge2N6. The van der Waals surface area contributed by atoms with E-state index in [0.717, 1.165) is 22.8 Å². The number of amidine groups is 2. The molecule has 0 atom stereocenters. The van der Waals surface area contributed by atoms with E-state index in [-0.39, 0.29) is 22.2 Å². The summed E-state index contributed by atoms with van der Waals surface area (Å²) in [5.74, 6) is 2.07. The van der Waals surface area contributed by atoms with Crippen LogP contribution in [0.15, 0.2) is 131 Å². The van der Waals surface area contributed by atoms with Crippen molar-refractivity contribution in [1.82, 2.24) is 7.71 Å². The van der Waals surface area contributed by atoms with Crippen molar-refractivity contribution in [3.8, 4) is 0 Å². The Bertz CT molecular complexity index is 1550. The molecule has 50 heavy (non-hydrogen) atoms. The van der Waals surface area contributed by atoms with Crippen LogP contribution in [0.5, 0.6) is 0 Å². The predicted octanol–water partition coefficient (Wildman–Crippen LogP) is 9.67. The van der Waals surface area contributed by atoms with Gasteiger partial charge in [-0.25, -0.2) is 0 Å². The Hall–Kier alpha value is -3.49. The number of hydrogen-bond donors (Lipinski definition) is 0. The SMILES string of the molecule is CC(C)(C)N=C(c1ccccc1)[N]([Ge][N](c1ccccc1)[N]([Ge][N](C(=NC(C)(C)C)c1ccccc1)C(C)(C)C)c1ccccc1)C(C)(C)C. The number of rotatable bonds is 9. The molecule has 0 fully saturated rings. The quantitative estimate of drug-likeness (QED) is 0.0733. The van der Waals surface area contributed by atoms with E-state index in [2.05, 4.69) is 220 Å². The molecule has 0 saturated heterocycles. The second-order valence-corrected chi connectivity index (χ2v) is 20.9. The van der Waals surface area contributed by atoms with Gasteiger partial charge in [-0.05, 0) is 0 Å². The van der Waals surface area contributed by atoms with Crippen LogP contribution in [0.2, 0.25) is 0 Å². The number of benzene rings is 4. The van der Waals surface area contributed by atoms with Gasteiger partial charge in [-0.3, -0.25) is 0 Å². The van der Waals surface area contributed by atoms with Crippen LogP contribution in [0.1, 0.15) is 94.2 Å². The van der Waals surface area contributed by atoms with Gasteiger partial charge in [0, 0.05) is 0 Å². The van der Waals surface area contributed by atoms with Crippen molar-refractivity contribution < 1.29 is 0 Å². The van der Waals surface area contributed by atoms with Crippen LogP contribution in [0.25, 0.3) is 0 Å². The molecule has 4 rings (SSSR count). The first kappa shape index (κ1) is 39.3. The van der Waals surface area contributed by atoms with Gasteiger partial charge < -0.3 is 0 Å². The molecule has 4 aromatic carbocycles. The van der Waals surface area contributed by atoms with Gasteiger partial charge in [0.2, 0.25) is 0 Å². The van der Waals surface area contributed by atoms with Crippen LogP contribution in [0.4, 0.5) is 11.4 Å². The molecule has 6 nitrogen and oxygen atoms in total. The summed E-state index contributed by atoms with van der Waals surface area (Å²) in [5, 5.41) is 0. The number of aliphatic imine (C=N–C) groups is 2. The van der Waals surface area contributed by atoms with Crippen molar-refractivity contribution in [3.63, 3.8) is 0 Å². The van der Waals surface area contributed by atoms with Crippen LogP contribution in [0.3, 0.4) is 0 Å². The average Bonchev–Trinajstić information content (AvgIpc) is 3.04. The molecule has 0 unspecified atom stereocenters. The van der Waals surface area contributed by atoms with Gasteiger partial charge >= 0.3 is 318 Å². The van der Waals surface area contributed by atoms with Gasteiger partial charge in [-0.1, -0.05) is 0 Å². The Labute approximate surface area is 316 Å². The molecule has 0 aromatic heterocycles. The normalized spacial score (nSPS) is 13.2. The fourth-order valence-corrected chi connectivity index (χ4v) is 11.2. The maximum absolute atomic E-state index is 5.44. The third kappa shape index (κ3) is 11.3. The molecule has 0 amide bonds. The third-order valence-electron chi connectivity index (χ3n) is 7.30. The molecule has 0 spiro atoms. The fraction of sp³-hybridized carbons (Fsp3) is 0.381. The zero-order valence-electron chi connectivity index (χ0n) is 32.2. The summed E-state index contributed by atoms with van der Waals surface area (Å²) in [6, 6.07) is 43.2. The van der Waals surface area contributed by atoms with Crippen molar-refractivity contribution in [2.45, 2.75) is 105 Å². The molecule has 0 saturated carbocycles. The summed E-state index contributed by atoms with van der Waals surface area (Å²) in [5.41, 5.74) is 3.67. The molecule has 0 aliphatic rings. The zero-order chi connectivity index (χ0) is 36.7. The number of hydrazine groups is 1. The number of anilines is 2. The van der Waals surface area contributed by atoms with Gasteiger partial charge in [0.25, 0.3) is 0 Å². The van der Waals surface area contributed by atoms with E-state index >= 15 is 0 Å². The molecule has 0 heterocycles. The van der Waals surface area contributed by atoms with Crippen LogP contribution in [-0.4, -0.2) is 73.3 Å². The summed E-state index contributed by atoms with van der Waals surface area (Å²) in [6.07, 6.45) is 0. The summed E-state index contributed by atoms with van der Waals surface area (Å²) in [6.45, 7) is 27.0. The molecule has 8 heteroatoms. The van der Waals surface area contributed by atoms with E-state index in [0.29, 0.717) is 0 Å². The first-order chi connectivity index (χ1) is 23.3.